The minimum atomic E-state index is -0.153. The van der Waals surface area contributed by atoms with Crippen molar-refractivity contribution >= 4 is 22.9 Å². The van der Waals surface area contributed by atoms with Crippen LogP contribution in [0, 0.1) is 0 Å². The van der Waals surface area contributed by atoms with E-state index in [0.29, 0.717) is 5.88 Å². The van der Waals surface area contributed by atoms with Gasteiger partial charge in [-0.3, -0.25) is 0 Å². The smallest absolute Gasteiger partial charge is 0.158 e. The molecule has 2 N–H and O–H groups in total. The van der Waals surface area contributed by atoms with Crippen LogP contribution >= 0.6 is 22.9 Å². The Bertz CT molecular complexity index is 516. The molecule has 0 aliphatic rings. The summed E-state index contributed by atoms with van der Waals surface area (Å²) in [6, 6.07) is 4.60. The molecule has 1 aromatic carbocycles. The highest BCUT2D eigenvalue weighted by Crippen LogP contribution is 2.31. The Morgan fingerprint density at radius 1 is 1.18 bits per heavy atom. The highest BCUT2D eigenvalue weighted by atomic mass is 35.5. The predicted molar refractivity (Wildman–Crippen MR) is 67.7 cm³/mol. The van der Waals surface area contributed by atoms with Gasteiger partial charge in [0.05, 0.1) is 0 Å². The number of halogens is 1. The Morgan fingerprint density at radius 3 is 2.71 bits per heavy atom. The van der Waals surface area contributed by atoms with Crippen LogP contribution < -0.4 is 0 Å². The van der Waals surface area contributed by atoms with Gasteiger partial charge in [-0.1, -0.05) is 11.3 Å². The lowest BCUT2D eigenvalue weighted by atomic mass is 10.2. The van der Waals surface area contributed by atoms with Crippen LogP contribution in [0.25, 0.3) is 10.6 Å². The molecule has 1 aromatic heterocycles. The molecule has 0 aliphatic carbocycles. The molecule has 0 saturated heterocycles. The van der Waals surface area contributed by atoms with E-state index in [-0.39, 0.29) is 11.5 Å². The van der Waals surface area contributed by atoms with Crippen LogP contribution in [0.5, 0.6) is 11.5 Å². The Hall–Kier alpha value is -1.33. The third kappa shape index (κ3) is 2.87. The highest BCUT2D eigenvalue weighted by Gasteiger charge is 2.08. The summed E-state index contributed by atoms with van der Waals surface area (Å²) in [7, 11) is 0. The molecule has 0 radical (unpaired) electrons. The molecule has 0 spiro atoms. The lowest BCUT2D eigenvalue weighted by molar-refractivity contribution is 0.404. The van der Waals surface area contributed by atoms with Gasteiger partial charge < -0.3 is 10.2 Å². The van der Waals surface area contributed by atoms with Crippen molar-refractivity contribution in [1.29, 1.82) is 0 Å². The summed E-state index contributed by atoms with van der Waals surface area (Å²) in [6.45, 7) is 0. The molecular formula is C11H11ClN2O2S. The first-order chi connectivity index (χ1) is 8.20. The summed E-state index contributed by atoms with van der Waals surface area (Å²) in [5.41, 5.74) is 0.745. The van der Waals surface area contributed by atoms with Crippen LogP contribution in [0.2, 0.25) is 0 Å². The van der Waals surface area contributed by atoms with Crippen molar-refractivity contribution in [2.75, 3.05) is 5.88 Å². The number of aromatic hydroxyl groups is 2. The molecule has 0 atom stereocenters. The Morgan fingerprint density at radius 2 is 2.00 bits per heavy atom. The first-order valence-corrected chi connectivity index (χ1v) is 6.46. The molecule has 0 unspecified atom stereocenters. The van der Waals surface area contributed by atoms with Crippen LogP contribution in [0.1, 0.15) is 11.4 Å². The molecular weight excluding hydrogens is 260 g/mol. The van der Waals surface area contributed by atoms with Crippen molar-refractivity contribution in [3.63, 3.8) is 0 Å². The van der Waals surface area contributed by atoms with E-state index in [1.165, 1.54) is 23.5 Å². The van der Waals surface area contributed by atoms with Gasteiger partial charge in [-0.15, -0.1) is 21.8 Å². The Kier molecular flexibility index (Phi) is 3.81. The van der Waals surface area contributed by atoms with Gasteiger partial charge in [-0.2, -0.15) is 0 Å². The number of phenolic OH excluding ortho intramolecular Hbond substituents is 2. The second-order valence-electron chi connectivity index (χ2n) is 3.50. The molecule has 4 nitrogen and oxygen atoms in total. The molecule has 0 fully saturated rings. The normalized spacial score (nSPS) is 10.6. The van der Waals surface area contributed by atoms with E-state index in [1.807, 2.05) is 0 Å². The summed E-state index contributed by atoms with van der Waals surface area (Å²) < 4.78 is 0. The van der Waals surface area contributed by atoms with Crippen molar-refractivity contribution < 1.29 is 10.2 Å². The second kappa shape index (κ2) is 5.33. The van der Waals surface area contributed by atoms with Gasteiger partial charge in [-0.05, 0) is 24.6 Å². The number of hydrogen-bond acceptors (Lipinski definition) is 5. The molecule has 2 aromatic rings. The topological polar surface area (TPSA) is 66.2 Å². The van der Waals surface area contributed by atoms with E-state index < -0.39 is 0 Å². The average molecular weight is 271 g/mol. The zero-order chi connectivity index (χ0) is 12.3. The van der Waals surface area contributed by atoms with Gasteiger partial charge in [0, 0.05) is 17.9 Å². The number of aryl methyl sites for hydroxylation is 1. The summed E-state index contributed by atoms with van der Waals surface area (Å²) >= 11 is 7.08. The summed E-state index contributed by atoms with van der Waals surface area (Å²) in [5.74, 6) is 0.315. The predicted octanol–water partition coefficient (Wildman–Crippen LogP) is 2.79. The van der Waals surface area contributed by atoms with Gasteiger partial charge in [0.15, 0.2) is 11.5 Å². The first-order valence-electron chi connectivity index (χ1n) is 5.11. The van der Waals surface area contributed by atoms with E-state index in [2.05, 4.69) is 10.2 Å². The number of aromatic nitrogens is 2. The van der Waals surface area contributed by atoms with Crippen molar-refractivity contribution in [3.8, 4) is 22.1 Å². The Balaban J connectivity index is 2.21. The lowest BCUT2D eigenvalue weighted by Crippen LogP contribution is -1.84. The van der Waals surface area contributed by atoms with Crippen molar-refractivity contribution in [1.82, 2.24) is 10.2 Å². The number of rotatable bonds is 4. The van der Waals surface area contributed by atoms with Gasteiger partial charge >= 0.3 is 0 Å². The van der Waals surface area contributed by atoms with Crippen molar-refractivity contribution in [2.45, 2.75) is 12.8 Å². The van der Waals surface area contributed by atoms with E-state index in [0.717, 1.165) is 28.4 Å². The second-order valence-corrected chi connectivity index (χ2v) is 4.94. The van der Waals surface area contributed by atoms with Crippen molar-refractivity contribution in [2.24, 2.45) is 0 Å². The fraction of sp³-hybridized carbons (Fsp3) is 0.273. The van der Waals surface area contributed by atoms with Gasteiger partial charge in [0.2, 0.25) is 0 Å². The number of phenols is 2. The van der Waals surface area contributed by atoms with Gasteiger partial charge in [0.1, 0.15) is 10.0 Å². The third-order valence-electron chi connectivity index (χ3n) is 2.21. The van der Waals surface area contributed by atoms with Gasteiger partial charge in [0.25, 0.3) is 0 Å². The minimum absolute atomic E-state index is 0.138. The highest BCUT2D eigenvalue weighted by molar-refractivity contribution is 7.14. The van der Waals surface area contributed by atoms with Crippen LogP contribution in [0.3, 0.4) is 0 Å². The molecule has 0 aliphatic heterocycles. The number of nitrogens with zero attached hydrogens (tertiary/aromatic N) is 2. The number of hydrogen-bond donors (Lipinski definition) is 2. The summed E-state index contributed by atoms with van der Waals surface area (Å²) in [6.07, 6.45) is 1.68. The minimum Gasteiger partial charge on any atom is -0.504 e. The average Bonchev–Trinajstić information content (AvgIpc) is 2.79. The molecule has 1 heterocycles. The fourth-order valence-electron chi connectivity index (χ4n) is 1.35. The van der Waals surface area contributed by atoms with E-state index >= 15 is 0 Å². The fourth-order valence-corrected chi connectivity index (χ4v) is 2.36. The molecule has 0 saturated carbocycles. The molecule has 2 rings (SSSR count). The monoisotopic (exact) mass is 270 g/mol. The summed E-state index contributed by atoms with van der Waals surface area (Å²) in [4.78, 5) is 0. The zero-order valence-electron chi connectivity index (χ0n) is 8.93. The van der Waals surface area contributed by atoms with Crippen LogP contribution in [0.15, 0.2) is 18.2 Å². The van der Waals surface area contributed by atoms with Crippen LogP contribution in [0.4, 0.5) is 0 Å². The molecule has 6 heteroatoms. The van der Waals surface area contributed by atoms with Crippen LogP contribution in [-0.4, -0.2) is 26.3 Å². The van der Waals surface area contributed by atoms with Crippen molar-refractivity contribution in [3.05, 3.63) is 23.2 Å². The first kappa shape index (κ1) is 12.1. The maximum atomic E-state index is 9.40. The molecule has 90 valence electrons. The standard InChI is InChI=1S/C11H11ClN2O2S/c12-5-1-2-10-13-14-11(17-10)7-3-4-8(15)9(16)6-7/h3-4,6,15-16H,1-2,5H2. The van der Waals surface area contributed by atoms with E-state index in [4.69, 9.17) is 11.6 Å². The molecule has 0 amide bonds. The largest absolute Gasteiger partial charge is 0.504 e. The number of alkyl halides is 1. The van der Waals surface area contributed by atoms with Crippen LogP contribution in [-0.2, 0) is 6.42 Å². The zero-order valence-corrected chi connectivity index (χ0v) is 10.5. The van der Waals surface area contributed by atoms with E-state index in [1.54, 1.807) is 6.07 Å². The quantitative estimate of drug-likeness (QED) is 0.662. The lowest BCUT2D eigenvalue weighted by Gasteiger charge is -1.98. The molecule has 17 heavy (non-hydrogen) atoms. The Labute approximate surface area is 108 Å². The third-order valence-corrected chi connectivity index (χ3v) is 3.51. The number of benzene rings is 1. The maximum Gasteiger partial charge on any atom is 0.158 e. The summed E-state index contributed by atoms with van der Waals surface area (Å²) in [5, 5.41) is 28.4. The van der Waals surface area contributed by atoms with Gasteiger partial charge in [-0.25, -0.2) is 0 Å². The maximum absolute atomic E-state index is 9.40. The molecule has 0 bridgehead atoms. The SMILES string of the molecule is Oc1ccc(-c2nnc(CCCCl)s2)cc1O. The van der Waals surface area contributed by atoms with E-state index in [9.17, 15) is 10.2 Å².